The van der Waals surface area contributed by atoms with E-state index in [-0.39, 0.29) is 12.3 Å². The maximum atomic E-state index is 12.3. The second-order valence-corrected chi connectivity index (χ2v) is 5.71. The highest BCUT2D eigenvalue weighted by molar-refractivity contribution is 6.13. The lowest BCUT2D eigenvalue weighted by atomic mass is 10.0. The van der Waals surface area contributed by atoms with Crippen LogP contribution in [0.3, 0.4) is 0 Å². The van der Waals surface area contributed by atoms with Crippen LogP contribution in [0.5, 0.6) is 0 Å². The molecule has 0 saturated carbocycles. The van der Waals surface area contributed by atoms with Gasteiger partial charge in [0, 0.05) is 16.7 Å². The summed E-state index contributed by atoms with van der Waals surface area (Å²) in [5, 5.41) is 8.24. The maximum Gasteiger partial charge on any atom is 0.244 e. The van der Waals surface area contributed by atoms with E-state index < -0.39 is 0 Å². The third kappa shape index (κ3) is 4.01. The van der Waals surface area contributed by atoms with Crippen molar-refractivity contribution in [3.05, 3.63) is 88.8 Å². The Bertz CT molecular complexity index is 823. The third-order valence-corrected chi connectivity index (χ3v) is 3.91. The molecule has 0 saturated heterocycles. The summed E-state index contributed by atoms with van der Waals surface area (Å²) in [5.74, 6) is 0.446. The second kappa shape index (κ2) is 7.57. The normalized spacial score (nSPS) is 10.3. The van der Waals surface area contributed by atoms with E-state index in [0.29, 0.717) is 11.5 Å². The van der Waals surface area contributed by atoms with Gasteiger partial charge in [-0.3, -0.25) is 4.79 Å². The molecule has 0 atom stereocenters. The Kier molecular flexibility index (Phi) is 5.04. The molecule has 0 radical (unpaired) electrons. The van der Waals surface area contributed by atoms with Crippen LogP contribution in [0, 0.1) is 13.8 Å². The maximum absolute atomic E-state index is 12.3. The largest absolute Gasteiger partial charge is 0.361 e. The van der Waals surface area contributed by atoms with Gasteiger partial charge < -0.3 is 4.52 Å². The Hall–Kier alpha value is -3.21. The van der Waals surface area contributed by atoms with Crippen LogP contribution in [0.25, 0.3) is 0 Å². The van der Waals surface area contributed by atoms with Gasteiger partial charge >= 0.3 is 0 Å². The minimum absolute atomic E-state index is 0.182. The Labute approximate surface area is 146 Å². The summed E-state index contributed by atoms with van der Waals surface area (Å²) in [4.78, 5) is 12.3. The van der Waals surface area contributed by atoms with Crippen molar-refractivity contribution in [3.8, 4) is 0 Å². The zero-order valence-corrected chi connectivity index (χ0v) is 14.2. The van der Waals surface area contributed by atoms with Crippen LogP contribution in [0.15, 0.2) is 70.3 Å². The molecule has 3 rings (SSSR count). The van der Waals surface area contributed by atoms with E-state index in [4.69, 9.17) is 4.52 Å². The van der Waals surface area contributed by atoms with Gasteiger partial charge in [-0.2, -0.15) is 5.10 Å². The van der Waals surface area contributed by atoms with Gasteiger partial charge in [-0.1, -0.05) is 65.8 Å². The molecule has 1 heterocycles. The van der Waals surface area contributed by atoms with Gasteiger partial charge in [-0.05, 0) is 13.8 Å². The van der Waals surface area contributed by atoms with Gasteiger partial charge in [-0.25, -0.2) is 5.43 Å². The van der Waals surface area contributed by atoms with E-state index in [0.717, 1.165) is 22.4 Å². The molecule has 3 aromatic rings. The summed E-state index contributed by atoms with van der Waals surface area (Å²) >= 11 is 0. The van der Waals surface area contributed by atoms with E-state index in [9.17, 15) is 4.79 Å². The molecule has 0 aliphatic carbocycles. The predicted molar refractivity (Wildman–Crippen MR) is 96.3 cm³/mol. The molecular weight excluding hydrogens is 314 g/mol. The lowest BCUT2D eigenvalue weighted by Crippen LogP contribution is -2.22. The Morgan fingerprint density at radius 1 is 1.00 bits per heavy atom. The smallest absolute Gasteiger partial charge is 0.244 e. The van der Waals surface area contributed by atoms with E-state index in [1.54, 1.807) is 6.92 Å². The lowest BCUT2D eigenvalue weighted by molar-refractivity contribution is -0.120. The number of amides is 1. The minimum Gasteiger partial charge on any atom is -0.361 e. The summed E-state index contributed by atoms with van der Waals surface area (Å²) in [6.07, 6.45) is 0.182. The molecule has 2 aromatic carbocycles. The molecule has 0 fully saturated rings. The van der Waals surface area contributed by atoms with Crippen LogP contribution in [0.2, 0.25) is 0 Å². The van der Waals surface area contributed by atoms with Crippen molar-refractivity contribution in [1.82, 2.24) is 10.6 Å². The first-order valence-electron chi connectivity index (χ1n) is 8.04. The van der Waals surface area contributed by atoms with Gasteiger partial charge in [0.15, 0.2) is 0 Å². The lowest BCUT2D eigenvalue weighted by Gasteiger charge is -2.08. The average Bonchev–Trinajstić information content (AvgIpc) is 2.96. The molecule has 0 aliphatic rings. The van der Waals surface area contributed by atoms with E-state index in [2.05, 4.69) is 15.7 Å². The van der Waals surface area contributed by atoms with Crippen molar-refractivity contribution in [2.24, 2.45) is 5.10 Å². The summed E-state index contributed by atoms with van der Waals surface area (Å²) in [5.41, 5.74) is 6.77. The molecule has 1 aromatic heterocycles. The number of nitrogens with zero attached hydrogens (tertiary/aromatic N) is 2. The van der Waals surface area contributed by atoms with Crippen molar-refractivity contribution in [1.29, 1.82) is 0 Å². The fourth-order valence-electron chi connectivity index (χ4n) is 2.56. The monoisotopic (exact) mass is 333 g/mol. The molecule has 5 heteroatoms. The minimum atomic E-state index is -0.209. The van der Waals surface area contributed by atoms with Crippen LogP contribution in [-0.4, -0.2) is 16.8 Å². The highest BCUT2D eigenvalue weighted by Crippen LogP contribution is 2.13. The van der Waals surface area contributed by atoms with Crippen LogP contribution < -0.4 is 5.43 Å². The van der Waals surface area contributed by atoms with Gasteiger partial charge in [-0.15, -0.1) is 0 Å². The average molecular weight is 333 g/mol. The summed E-state index contributed by atoms with van der Waals surface area (Å²) in [7, 11) is 0. The molecule has 0 unspecified atom stereocenters. The predicted octanol–water partition coefficient (Wildman–Crippen LogP) is 3.40. The SMILES string of the molecule is Cc1noc(C)c1CC(=O)NN=C(c1ccccc1)c1ccccc1. The van der Waals surface area contributed by atoms with Crippen molar-refractivity contribution >= 4 is 11.6 Å². The van der Waals surface area contributed by atoms with Gasteiger partial charge in [0.25, 0.3) is 0 Å². The van der Waals surface area contributed by atoms with E-state index in [1.807, 2.05) is 67.6 Å². The van der Waals surface area contributed by atoms with Crippen molar-refractivity contribution in [2.45, 2.75) is 20.3 Å². The fourth-order valence-corrected chi connectivity index (χ4v) is 2.56. The zero-order valence-electron chi connectivity index (χ0n) is 14.2. The first-order valence-corrected chi connectivity index (χ1v) is 8.04. The van der Waals surface area contributed by atoms with E-state index >= 15 is 0 Å². The van der Waals surface area contributed by atoms with Crippen molar-refractivity contribution in [2.75, 3.05) is 0 Å². The molecule has 1 N–H and O–H groups in total. The summed E-state index contributed by atoms with van der Waals surface area (Å²) in [6.45, 7) is 3.62. The second-order valence-electron chi connectivity index (χ2n) is 5.71. The Morgan fingerprint density at radius 2 is 1.56 bits per heavy atom. The molecule has 0 bridgehead atoms. The number of aromatic nitrogens is 1. The Balaban J connectivity index is 1.83. The quantitative estimate of drug-likeness (QED) is 0.575. The molecule has 126 valence electrons. The number of carbonyl (C=O) groups is 1. The van der Waals surface area contributed by atoms with Crippen LogP contribution in [-0.2, 0) is 11.2 Å². The molecule has 1 amide bonds. The molecule has 0 spiro atoms. The van der Waals surface area contributed by atoms with Gasteiger partial charge in [0.05, 0.1) is 17.8 Å². The highest BCUT2D eigenvalue weighted by Gasteiger charge is 2.14. The number of carbonyl (C=O) groups excluding carboxylic acids is 1. The summed E-state index contributed by atoms with van der Waals surface area (Å²) < 4.78 is 5.09. The third-order valence-electron chi connectivity index (χ3n) is 3.91. The highest BCUT2D eigenvalue weighted by atomic mass is 16.5. The number of hydrogen-bond donors (Lipinski definition) is 1. The first-order chi connectivity index (χ1) is 12.1. The fraction of sp³-hybridized carbons (Fsp3) is 0.150. The van der Waals surface area contributed by atoms with Crippen molar-refractivity contribution < 1.29 is 9.32 Å². The summed E-state index contributed by atoms with van der Waals surface area (Å²) in [6, 6.07) is 19.5. The van der Waals surface area contributed by atoms with Crippen molar-refractivity contribution in [3.63, 3.8) is 0 Å². The van der Waals surface area contributed by atoms with Gasteiger partial charge in [0.2, 0.25) is 5.91 Å². The first kappa shape index (κ1) is 16.6. The number of aryl methyl sites for hydroxylation is 2. The molecule has 25 heavy (non-hydrogen) atoms. The standard InChI is InChI=1S/C20H19N3O2/c1-14-18(15(2)25-23-14)13-19(24)21-22-20(16-9-5-3-6-10-16)17-11-7-4-8-12-17/h3-12H,13H2,1-2H3,(H,21,24). The number of hydrogen-bond acceptors (Lipinski definition) is 4. The molecule has 0 aliphatic heterocycles. The van der Waals surface area contributed by atoms with Crippen LogP contribution in [0.4, 0.5) is 0 Å². The number of benzene rings is 2. The topological polar surface area (TPSA) is 67.5 Å². The van der Waals surface area contributed by atoms with Crippen LogP contribution in [0.1, 0.15) is 28.1 Å². The van der Waals surface area contributed by atoms with E-state index in [1.165, 1.54) is 0 Å². The number of hydrazone groups is 1. The van der Waals surface area contributed by atoms with Gasteiger partial charge in [0.1, 0.15) is 5.76 Å². The number of nitrogens with one attached hydrogen (secondary N) is 1. The Morgan fingerprint density at radius 3 is 2.04 bits per heavy atom. The zero-order chi connectivity index (χ0) is 17.6. The molecular formula is C20H19N3O2. The molecule has 5 nitrogen and oxygen atoms in total. The number of rotatable bonds is 5. The van der Waals surface area contributed by atoms with Crippen LogP contribution >= 0.6 is 0 Å².